The molecule has 2 rings (SSSR count). The van der Waals surface area contributed by atoms with Gasteiger partial charge in [0.05, 0.1) is 6.61 Å². The first-order valence-corrected chi connectivity index (χ1v) is 5.38. The number of nitrogens with zero attached hydrogens (tertiary/aromatic N) is 1. The molecule has 0 aromatic heterocycles. The first-order chi connectivity index (χ1) is 5.29. The van der Waals surface area contributed by atoms with Crippen LogP contribution in [0, 0.1) is 11.8 Å². The number of fused-ring (bicyclic) bond motifs is 1. The number of hydrogen-bond donors (Lipinski definition) is 0. The van der Waals surface area contributed by atoms with Crippen LogP contribution in [0.3, 0.4) is 0 Å². The van der Waals surface area contributed by atoms with Crippen molar-refractivity contribution in [2.45, 2.75) is 13.0 Å². The lowest BCUT2D eigenvalue weighted by atomic mass is 9.92. The van der Waals surface area contributed by atoms with E-state index in [9.17, 15) is 0 Å². The van der Waals surface area contributed by atoms with Gasteiger partial charge in [-0.25, -0.2) is 0 Å². The molecule has 2 heterocycles. The van der Waals surface area contributed by atoms with E-state index in [1.54, 1.807) is 0 Å². The molecule has 0 aromatic carbocycles. The standard InChI is InChI=1S/C8H15NOS/c1-6-4-11-5-7-3-10-9(2)8(6)7/h6-8H,3-5H2,1-2H3/t6-,7-,8+/m0/s1. The van der Waals surface area contributed by atoms with Crippen LogP contribution in [0.5, 0.6) is 0 Å². The van der Waals surface area contributed by atoms with Gasteiger partial charge in [0.1, 0.15) is 0 Å². The second-order valence-corrected chi connectivity index (χ2v) is 4.68. The van der Waals surface area contributed by atoms with E-state index in [4.69, 9.17) is 4.84 Å². The highest BCUT2D eigenvalue weighted by Crippen LogP contribution is 2.35. The van der Waals surface area contributed by atoms with Crippen LogP contribution >= 0.6 is 11.8 Å². The van der Waals surface area contributed by atoms with Crippen LogP contribution in [0.2, 0.25) is 0 Å². The van der Waals surface area contributed by atoms with Crippen LogP contribution in [0.25, 0.3) is 0 Å². The van der Waals surface area contributed by atoms with Crippen molar-refractivity contribution in [2.24, 2.45) is 11.8 Å². The van der Waals surface area contributed by atoms with Gasteiger partial charge in [-0.15, -0.1) is 0 Å². The van der Waals surface area contributed by atoms with Gasteiger partial charge in [-0.3, -0.25) is 4.84 Å². The van der Waals surface area contributed by atoms with Crippen molar-refractivity contribution in [1.29, 1.82) is 0 Å². The predicted octanol–water partition coefficient (Wildman–Crippen LogP) is 1.23. The second-order valence-electron chi connectivity index (χ2n) is 3.61. The third-order valence-electron chi connectivity index (χ3n) is 2.69. The monoisotopic (exact) mass is 173 g/mol. The Hall–Kier alpha value is 0.270. The zero-order valence-corrected chi connectivity index (χ0v) is 7.93. The van der Waals surface area contributed by atoms with Crippen molar-refractivity contribution in [3.8, 4) is 0 Å². The average molecular weight is 173 g/mol. The largest absolute Gasteiger partial charge is 0.299 e. The van der Waals surface area contributed by atoms with E-state index in [2.05, 4.69) is 30.8 Å². The van der Waals surface area contributed by atoms with Crippen molar-refractivity contribution >= 4 is 11.8 Å². The Bertz CT molecular complexity index is 151. The Labute approximate surface area is 72.2 Å². The van der Waals surface area contributed by atoms with Gasteiger partial charge in [-0.05, 0) is 17.4 Å². The van der Waals surface area contributed by atoms with Crippen LogP contribution in [0.4, 0.5) is 0 Å². The van der Waals surface area contributed by atoms with Crippen molar-refractivity contribution in [3.05, 3.63) is 0 Å². The van der Waals surface area contributed by atoms with Gasteiger partial charge >= 0.3 is 0 Å². The minimum Gasteiger partial charge on any atom is -0.299 e. The Morgan fingerprint density at radius 2 is 2.27 bits per heavy atom. The van der Waals surface area contributed by atoms with E-state index in [0.29, 0.717) is 6.04 Å². The molecule has 11 heavy (non-hydrogen) atoms. The van der Waals surface area contributed by atoms with Crippen molar-refractivity contribution in [2.75, 3.05) is 25.2 Å². The number of rotatable bonds is 0. The first kappa shape index (κ1) is 7.90. The molecule has 0 radical (unpaired) electrons. The van der Waals surface area contributed by atoms with Gasteiger partial charge in [-0.1, -0.05) is 6.92 Å². The molecule has 2 saturated heterocycles. The van der Waals surface area contributed by atoms with Crippen LogP contribution in [0.1, 0.15) is 6.92 Å². The highest BCUT2D eigenvalue weighted by molar-refractivity contribution is 7.99. The summed E-state index contributed by atoms with van der Waals surface area (Å²) in [4.78, 5) is 5.49. The Morgan fingerprint density at radius 1 is 1.45 bits per heavy atom. The Balaban J connectivity index is 2.08. The molecule has 3 atom stereocenters. The molecule has 2 aliphatic heterocycles. The lowest BCUT2D eigenvalue weighted by molar-refractivity contribution is -0.116. The molecule has 0 aliphatic carbocycles. The van der Waals surface area contributed by atoms with E-state index in [-0.39, 0.29) is 0 Å². The molecule has 0 aromatic rings. The second kappa shape index (κ2) is 2.96. The summed E-state index contributed by atoms with van der Waals surface area (Å²) in [6.45, 7) is 3.27. The van der Waals surface area contributed by atoms with Crippen molar-refractivity contribution in [1.82, 2.24) is 5.06 Å². The molecule has 0 bridgehead atoms. The molecule has 0 saturated carbocycles. The quantitative estimate of drug-likeness (QED) is 0.547. The summed E-state index contributed by atoms with van der Waals surface area (Å²) >= 11 is 2.07. The third-order valence-corrected chi connectivity index (χ3v) is 4.12. The summed E-state index contributed by atoms with van der Waals surface area (Å²) in [6, 6.07) is 0.691. The smallest absolute Gasteiger partial charge is 0.0737 e. The summed E-state index contributed by atoms with van der Waals surface area (Å²) in [5.41, 5.74) is 0. The molecule has 0 spiro atoms. The van der Waals surface area contributed by atoms with Gasteiger partial charge in [0, 0.05) is 19.0 Å². The molecule has 0 N–H and O–H groups in total. The third kappa shape index (κ3) is 1.30. The molecule has 2 fully saturated rings. The zero-order chi connectivity index (χ0) is 7.84. The summed E-state index contributed by atoms with van der Waals surface area (Å²) in [7, 11) is 2.07. The summed E-state index contributed by atoms with van der Waals surface area (Å²) < 4.78 is 0. The van der Waals surface area contributed by atoms with Crippen LogP contribution < -0.4 is 0 Å². The molecule has 2 aliphatic rings. The maximum Gasteiger partial charge on any atom is 0.0737 e. The normalized spacial score (nSPS) is 45.8. The van der Waals surface area contributed by atoms with Crippen molar-refractivity contribution < 1.29 is 4.84 Å². The number of hydrogen-bond acceptors (Lipinski definition) is 3. The van der Waals surface area contributed by atoms with Crippen LogP contribution in [0.15, 0.2) is 0 Å². The van der Waals surface area contributed by atoms with Gasteiger partial charge in [0.2, 0.25) is 0 Å². The van der Waals surface area contributed by atoms with Gasteiger partial charge in [0.15, 0.2) is 0 Å². The van der Waals surface area contributed by atoms with E-state index in [1.165, 1.54) is 11.5 Å². The summed E-state index contributed by atoms with van der Waals surface area (Å²) in [5.74, 6) is 4.17. The topological polar surface area (TPSA) is 12.5 Å². The SMILES string of the molecule is C[C@H]1CSC[C@@H]2CON(C)[C@@H]21. The van der Waals surface area contributed by atoms with E-state index in [0.717, 1.165) is 18.4 Å². The van der Waals surface area contributed by atoms with Gasteiger partial charge < -0.3 is 0 Å². The molecule has 2 nitrogen and oxygen atoms in total. The lowest BCUT2D eigenvalue weighted by Gasteiger charge is -2.32. The lowest BCUT2D eigenvalue weighted by Crippen LogP contribution is -2.40. The Morgan fingerprint density at radius 3 is 3.00 bits per heavy atom. The van der Waals surface area contributed by atoms with E-state index >= 15 is 0 Å². The van der Waals surface area contributed by atoms with Gasteiger partial charge in [0.25, 0.3) is 0 Å². The predicted molar refractivity (Wildman–Crippen MR) is 47.5 cm³/mol. The van der Waals surface area contributed by atoms with E-state index < -0.39 is 0 Å². The fraction of sp³-hybridized carbons (Fsp3) is 1.00. The summed E-state index contributed by atoms with van der Waals surface area (Å²) in [5, 5.41) is 2.06. The van der Waals surface area contributed by atoms with Gasteiger partial charge in [-0.2, -0.15) is 16.8 Å². The highest BCUT2D eigenvalue weighted by Gasteiger charge is 2.39. The molecular weight excluding hydrogens is 158 g/mol. The number of thioether (sulfide) groups is 1. The highest BCUT2D eigenvalue weighted by atomic mass is 32.2. The maximum absolute atomic E-state index is 5.49. The fourth-order valence-electron chi connectivity index (χ4n) is 2.17. The minimum atomic E-state index is 0.691. The Kier molecular flexibility index (Phi) is 2.12. The molecular formula is C8H15NOS. The average Bonchev–Trinajstić information content (AvgIpc) is 2.34. The van der Waals surface area contributed by atoms with Crippen LogP contribution in [-0.2, 0) is 4.84 Å². The van der Waals surface area contributed by atoms with Crippen LogP contribution in [-0.4, -0.2) is 36.3 Å². The maximum atomic E-state index is 5.49. The zero-order valence-electron chi connectivity index (χ0n) is 7.12. The molecule has 64 valence electrons. The van der Waals surface area contributed by atoms with Crippen molar-refractivity contribution in [3.63, 3.8) is 0 Å². The minimum absolute atomic E-state index is 0.691. The fourth-order valence-corrected chi connectivity index (χ4v) is 3.47. The van der Waals surface area contributed by atoms with E-state index in [1.807, 2.05) is 0 Å². The molecule has 3 heteroatoms. The number of hydroxylamine groups is 2. The summed E-state index contributed by atoms with van der Waals surface area (Å²) in [6.07, 6.45) is 0. The molecule has 0 unspecified atom stereocenters. The first-order valence-electron chi connectivity index (χ1n) is 4.22. The molecule has 0 amide bonds.